The van der Waals surface area contributed by atoms with Crippen molar-refractivity contribution in [3.05, 3.63) is 28.0 Å². The predicted molar refractivity (Wildman–Crippen MR) is 89.5 cm³/mol. The number of nitroso groups, excluding NO2 is 1. The highest BCUT2D eigenvalue weighted by atomic mass is 32.1. The Hall–Kier alpha value is -2.65. The van der Waals surface area contributed by atoms with Crippen molar-refractivity contribution in [1.29, 1.82) is 0 Å². The molecule has 0 saturated carbocycles. The van der Waals surface area contributed by atoms with Gasteiger partial charge in [-0.15, -0.1) is 21.3 Å². The molecule has 0 saturated heterocycles. The van der Waals surface area contributed by atoms with E-state index in [1.807, 2.05) is 5.38 Å². The second-order valence-corrected chi connectivity index (χ2v) is 5.68. The Bertz CT molecular complexity index is 877. The van der Waals surface area contributed by atoms with Gasteiger partial charge < -0.3 is 19.3 Å². The van der Waals surface area contributed by atoms with E-state index in [4.69, 9.17) is 14.2 Å². The first-order valence-electron chi connectivity index (χ1n) is 6.92. The molecule has 0 atom stereocenters. The van der Waals surface area contributed by atoms with E-state index in [1.54, 1.807) is 16.6 Å². The van der Waals surface area contributed by atoms with E-state index < -0.39 is 0 Å². The number of aliphatic hydroxyl groups is 1. The minimum absolute atomic E-state index is 0.138. The van der Waals surface area contributed by atoms with Crippen molar-refractivity contribution < 1.29 is 19.3 Å². The highest BCUT2D eigenvalue weighted by molar-refractivity contribution is 7.16. The zero-order chi connectivity index (χ0) is 17.3. The summed E-state index contributed by atoms with van der Waals surface area (Å²) in [6, 6.07) is 3.45. The van der Waals surface area contributed by atoms with Gasteiger partial charge in [-0.2, -0.15) is 0 Å². The van der Waals surface area contributed by atoms with Crippen LogP contribution in [0.4, 0.5) is 5.69 Å². The third-order valence-corrected chi connectivity index (χ3v) is 4.52. The van der Waals surface area contributed by atoms with Gasteiger partial charge in [-0.3, -0.25) is 0 Å². The Labute approximate surface area is 141 Å². The molecular formula is C15H15N3O5S. The van der Waals surface area contributed by atoms with Crippen LogP contribution in [0.1, 0.15) is 5.56 Å². The van der Waals surface area contributed by atoms with E-state index in [-0.39, 0.29) is 18.2 Å². The summed E-state index contributed by atoms with van der Waals surface area (Å²) in [4.78, 5) is 11.6. The lowest BCUT2D eigenvalue weighted by Crippen LogP contribution is -1.98. The Kier molecular flexibility index (Phi) is 4.36. The van der Waals surface area contributed by atoms with Crippen LogP contribution >= 0.6 is 11.3 Å². The fourth-order valence-corrected chi connectivity index (χ4v) is 3.41. The zero-order valence-electron chi connectivity index (χ0n) is 13.3. The molecule has 24 heavy (non-hydrogen) atoms. The van der Waals surface area contributed by atoms with Crippen molar-refractivity contribution in [1.82, 2.24) is 9.61 Å². The number of nitrogens with zero attached hydrogens (tertiary/aromatic N) is 3. The first kappa shape index (κ1) is 16.2. The molecule has 3 rings (SSSR count). The lowest BCUT2D eigenvalue weighted by molar-refractivity contribution is 0.280. The summed E-state index contributed by atoms with van der Waals surface area (Å²) in [5, 5.41) is 18.5. The molecular weight excluding hydrogens is 334 g/mol. The van der Waals surface area contributed by atoms with Gasteiger partial charge >= 0.3 is 0 Å². The maximum atomic E-state index is 11.1. The second kappa shape index (κ2) is 6.46. The molecule has 0 fully saturated rings. The number of hydrogen-bond acceptors (Lipinski definition) is 8. The Morgan fingerprint density at radius 3 is 2.38 bits per heavy atom. The molecule has 0 unspecified atom stereocenters. The van der Waals surface area contributed by atoms with Crippen LogP contribution in [-0.4, -0.2) is 36.0 Å². The molecule has 1 aromatic carbocycles. The Balaban J connectivity index is 2.31. The third kappa shape index (κ3) is 2.38. The van der Waals surface area contributed by atoms with Crippen LogP contribution in [0, 0.1) is 4.91 Å². The number of aromatic nitrogens is 2. The molecule has 0 spiro atoms. The molecule has 0 bridgehead atoms. The number of benzene rings is 1. The molecule has 2 aromatic heterocycles. The molecule has 2 heterocycles. The molecule has 0 aliphatic rings. The highest BCUT2D eigenvalue weighted by Crippen LogP contribution is 2.44. The van der Waals surface area contributed by atoms with Crippen LogP contribution in [0.15, 0.2) is 22.7 Å². The van der Waals surface area contributed by atoms with Crippen LogP contribution < -0.4 is 14.2 Å². The van der Waals surface area contributed by atoms with Crippen molar-refractivity contribution in [3.8, 4) is 28.6 Å². The van der Waals surface area contributed by atoms with Gasteiger partial charge in [0.05, 0.1) is 39.2 Å². The molecule has 9 heteroatoms. The molecule has 0 aliphatic carbocycles. The number of rotatable bonds is 6. The van der Waals surface area contributed by atoms with E-state index in [1.165, 1.54) is 32.7 Å². The lowest BCUT2D eigenvalue weighted by atomic mass is 10.1. The van der Waals surface area contributed by atoms with Gasteiger partial charge in [0.25, 0.3) is 5.88 Å². The maximum Gasteiger partial charge on any atom is 0.264 e. The van der Waals surface area contributed by atoms with Crippen molar-refractivity contribution in [3.63, 3.8) is 0 Å². The van der Waals surface area contributed by atoms with E-state index in [9.17, 15) is 10.0 Å². The Morgan fingerprint density at radius 2 is 1.88 bits per heavy atom. The predicted octanol–water partition coefficient (Wildman–Crippen LogP) is 2.98. The van der Waals surface area contributed by atoms with E-state index in [0.717, 1.165) is 0 Å². The fraction of sp³-hybridized carbons (Fsp3) is 0.267. The number of thiazole rings is 1. The first-order valence-corrected chi connectivity index (χ1v) is 7.80. The summed E-state index contributed by atoms with van der Waals surface area (Å²) >= 11 is 1.31. The van der Waals surface area contributed by atoms with Crippen LogP contribution in [0.2, 0.25) is 0 Å². The number of methoxy groups -OCH3 is 3. The number of hydrogen-bond donors (Lipinski definition) is 1. The van der Waals surface area contributed by atoms with Gasteiger partial charge in [0.15, 0.2) is 4.83 Å². The summed E-state index contributed by atoms with van der Waals surface area (Å²) in [7, 11) is 4.49. The maximum absolute atomic E-state index is 11.1. The van der Waals surface area contributed by atoms with Gasteiger partial charge in [0, 0.05) is 5.38 Å². The summed E-state index contributed by atoms with van der Waals surface area (Å²) in [6.45, 7) is -0.138. The Morgan fingerprint density at radius 1 is 1.21 bits per heavy atom. The smallest absolute Gasteiger partial charge is 0.264 e. The normalized spacial score (nSPS) is 10.8. The lowest BCUT2D eigenvalue weighted by Gasteiger charge is -2.14. The first-order chi connectivity index (χ1) is 11.7. The van der Waals surface area contributed by atoms with Crippen molar-refractivity contribution in [2.45, 2.75) is 6.61 Å². The van der Waals surface area contributed by atoms with Gasteiger partial charge in [0.1, 0.15) is 11.5 Å². The van der Waals surface area contributed by atoms with E-state index in [0.29, 0.717) is 33.2 Å². The average molecular weight is 349 g/mol. The highest BCUT2D eigenvalue weighted by Gasteiger charge is 2.23. The fourth-order valence-electron chi connectivity index (χ4n) is 2.50. The van der Waals surface area contributed by atoms with Crippen molar-refractivity contribution >= 4 is 21.9 Å². The number of fused-ring (bicyclic) bond motifs is 1. The largest absolute Gasteiger partial charge is 0.496 e. The standard InChI is InChI=1S/C15H15N3O5S/c1-21-10-4-8(6-19)5-11(22-2)12(10)9-7-24-15-13(17-20)14(23-3)16-18(9)15/h4-5,7,19H,6H2,1-3H3. The second-order valence-electron chi connectivity index (χ2n) is 4.82. The summed E-state index contributed by atoms with van der Waals surface area (Å²) in [5.41, 5.74) is 2.14. The summed E-state index contributed by atoms with van der Waals surface area (Å²) in [5.74, 6) is 1.20. The van der Waals surface area contributed by atoms with Gasteiger partial charge in [-0.1, -0.05) is 0 Å². The quantitative estimate of drug-likeness (QED) is 0.688. The molecule has 126 valence electrons. The van der Waals surface area contributed by atoms with Crippen molar-refractivity contribution in [2.75, 3.05) is 21.3 Å². The van der Waals surface area contributed by atoms with Crippen LogP contribution in [0.5, 0.6) is 17.4 Å². The summed E-state index contributed by atoms with van der Waals surface area (Å²) < 4.78 is 17.6. The molecule has 0 amide bonds. The van der Waals surface area contributed by atoms with Crippen molar-refractivity contribution in [2.24, 2.45) is 5.18 Å². The van der Waals surface area contributed by atoms with E-state index >= 15 is 0 Å². The zero-order valence-corrected chi connectivity index (χ0v) is 14.1. The van der Waals surface area contributed by atoms with Gasteiger partial charge in [0.2, 0.25) is 5.69 Å². The monoisotopic (exact) mass is 349 g/mol. The van der Waals surface area contributed by atoms with E-state index in [2.05, 4.69) is 10.3 Å². The van der Waals surface area contributed by atoms with Crippen LogP contribution in [0.25, 0.3) is 16.1 Å². The number of ether oxygens (including phenoxy) is 3. The van der Waals surface area contributed by atoms with Gasteiger partial charge in [-0.05, 0) is 22.9 Å². The minimum Gasteiger partial charge on any atom is -0.496 e. The SMILES string of the molecule is COc1cc(CO)cc(OC)c1-c1csc2c(N=O)c(OC)nn12. The molecule has 0 aliphatic heterocycles. The minimum atomic E-state index is -0.138. The third-order valence-electron chi connectivity index (χ3n) is 3.59. The van der Waals surface area contributed by atoms with Crippen LogP contribution in [0.3, 0.4) is 0 Å². The topological polar surface area (TPSA) is 94.7 Å². The number of aliphatic hydroxyl groups excluding tert-OH is 1. The molecule has 0 radical (unpaired) electrons. The average Bonchev–Trinajstić information content (AvgIpc) is 3.18. The summed E-state index contributed by atoms with van der Waals surface area (Å²) in [6.07, 6.45) is 0. The molecule has 1 N–H and O–H groups in total. The van der Waals surface area contributed by atoms with Crippen LogP contribution in [-0.2, 0) is 6.61 Å². The van der Waals surface area contributed by atoms with Gasteiger partial charge in [-0.25, -0.2) is 4.52 Å². The molecule has 3 aromatic rings. The molecule has 8 nitrogen and oxygen atoms in total.